The Bertz CT molecular complexity index is 808. The van der Waals surface area contributed by atoms with E-state index in [1.807, 2.05) is 41.3 Å². The average Bonchev–Trinajstić information content (AvgIpc) is 3.10. The minimum absolute atomic E-state index is 0.264. The van der Waals surface area contributed by atoms with Crippen LogP contribution in [0.25, 0.3) is 0 Å². The third kappa shape index (κ3) is 3.93. The molecule has 2 aromatic rings. The first-order chi connectivity index (χ1) is 13.7. The Labute approximate surface area is 170 Å². The molecule has 4 rings (SSSR count). The van der Waals surface area contributed by atoms with Crippen LogP contribution in [0.15, 0.2) is 48.5 Å². The smallest absolute Gasteiger partial charge is 0.157 e. The maximum absolute atomic E-state index is 13.7. The van der Waals surface area contributed by atoms with Gasteiger partial charge >= 0.3 is 0 Å². The lowest BCUT2D eigenvalue weighted by atomic mass is 10.1. The molecule has 0 spiro atoms. The van der Waals surface area contributed by atoms with Gasteiger partial charge in [0.05, 0.1) is 6.04 Å². The lowest BCUT2D eigenvalue weighted by Gasteiger charge is -2.42. The number of rotatable bonds is 6. The normalized spacial score (nSPS) is 21.5. The van der Waals surface area contributed by atoms with Crippen LogP contribution in [-0.4, -0.2) is 61.1 Å². The number of halogens is 2. The zero-order chi connectivity index (χ0) is 19.5. The first kappa shape index (κ1) is 19.4. The van der Waals surface area contributed by atoms with E-state index in [1.165, 1.54) is 5.56 Å². The van der Waals surface area contributed by atoms with Crippen LogP contribution in [0.3, 0.4) is 0 Å². The molecule has 2 aliphatic rings. The molecule has 0 saturated carbocycles. The van der Waals surface area contributed by atoms with Gasteiger partial charge in [-0.15, -0.1) is 0 Å². The minimum Gasteiger partial charge on any atom is -0.343 e. The van der Waals surface area contributed by atoms with Crippen molar-refractivity contribution >= 4 is 23.6 Å². The Morgan fingerprint density at radius 2 is 1.79 bits per heavy atom. The lowest BCUT2D eigenvalue weighted by molar-refractivity contribution is -0.113. The number of nitrogens with zero attached hydrogens (tertiary/aromatic N) is 3. The summed E-state index contributed by atoms with van der Waals surface area (Å²) in [5.74, 6) is 0. The van der Waals surface area contributed by atoms with Crippen molar-refractivity contribution in [1.82, 2.24) is 9.80 Å². The van der Waals surface area contributed by atoms with Gasteiger partial charge in [-0.3, -0.25) is 14.6 Å². The standard InChI is InChI=1S/C22H25ClFN3O/c23-19-7-5-17(6-8-19)15-25-9-11-26(12-10-25)22(16-28)27-20(14-24)13-18-3-1-2-4-21(18)27/h1-8,16,20,22H,9-15H2/t20?,22-/m0/s1. The molecule has 1 fully saturated rings. The highest BCUT2D eigenvalue weighted by Crippen LogP contribution is 2.34. The molecule has 28 heavy (non-hydrogen) atoms. The van der Waals surface area contributed by atoms with Crippen molar-refractivity contribution in [2.24, 2.45) is 0 Å². The Hall–Kier alpha value is -1.95. The molecule has 1 unspecified atom stereocenters. The summed E-state index contributed by atoms with van der Waals surface area (Å²) in [7, 11) is 0. The Kier molecular flexibility index (Phi) is 5.95. The van der Waals surface area contributed by atoms with Gasteiger partial charge < -0.3 is 4.90 Å². The molecule has 148 valence electrons. The molecule has 0 radical (unpaired) electrons. The molecule has 4 nitrogen and oxygen atoms in total. The van der Waals surface area contributed by atoms with Gasteiger partial charge in [-0.1, -0.05) is 41.9 Å². The molecule has 2 heterocycles. The summed E-state index contributed by atoms with van der Waals surface area (Å²) in [6, 6.07) is 15.6. The van der Waals surface area contributed by atoms with E-state index in [4.69, 9.17) is 11.6 Å². The number of carbonyl (C=O) groups excluding carboxylic acids is 1. The number of hydrogen-bond acceptors (Lipinski definition) is 4. The third-order valence-electron chi connectivity index (χ3n) is 5.80. The monoisotopic (exact) mass is 401 g/mol. The molecule has 0 amide bonds. The van der Waals surface area contributed by atoms with Gasteiger partial charge in [0.25, 0.3) is 0 Å². The lowest BCUT2D eigenvalue weighted by Crippen LogP contribution is -2.58. The average molecular weight is 402 g/mol. The number of benzene rings is 2. The van der Waals surface area contributed by atoms with E-state index in [-0.39, 0.29) is 6.04 Å². The summed E-state index contributed by atoms with van der Waals surface area (Å²) in [5.41, 5.74) is 3.35. The van der Waals surface area contributed by atoms with Gasteiger partial charge in [0.2, 0.25) is 0 Å². The van der Waals surface area contributed by atoms with Gasteiger partial charge in [0.15, 0.2) is 6.29 Å². The molecular weight excluding hydrogens is 377 g/mol. The Morgan fingerprint density at radius 3 is 2.46 bits per heavy atom. The summed E-state index contributed by atoms with van der Waals surface area (Å²) < 4.78 is 13.7. The van der Waals surface area contributed by atoms with Crippen molar-refractivity contribution in [3.63, 3.8) is 0 Å². The molecule has 0 aromatic heterocycles. The highest BCUT2D eigenvalue weighted by atomic mass is 35.5. The summed E-state index contributed by atoms with van der Waals surface area (Å²) in [4.78, 5) is 18.6. The zero-order valence-electron chi connectivity index (χ0n) is 15.8. The quantitative estimate of drug-likeness (QED) is 0.693. The van der Waals surface area contributed by atoms with Crippen LogP contribution < -0.4 is 4.90 Å². The molecule has 1 saturated heterocycles. The zero-order valence-corrected chi connectivity index (χ0v) is 16.6. The fourth-order valence-electron chi connectivity index (χ4n) is 4.33. The first-order valence-electron chi connectivity index (χ1n) is 9.78. The van der Waals surface area contributed by atoms with Gasteiger partial charge in [-0.25, -0.2) is 4.39 Å². The molecule has 0 bridgehead atoms. The molecule has 6 heteroatoms. The van der Waals surface area contributed by atoms with Gasteiger partial charge in [0.1, 0.15) is 12.8 Å². The van der Waals surface area contributed by atoms with Crippen LogP contribution in [-0.2, 0) is 17.8 Å². The number of para-hydroxylation sites is 1. The predicted molar refractivity (Wildman–Crippen MR) is 111 cm³/mol. The van der Waals surface area contributed by atoms with Crippen molar-refractivity contribution in [2.45, 2.75) is 25.2 Å². The van der Waals surface area contributed by atoms with Crippen molar-refractivity contribution in [3.8, 4) is 0 Å². The van der Waals surface area contributed by atoms with E-state index >= 15 is 0 Å². The highest BCUT2D eigenvalue weighted by molar-refractivity contribution is 6.30. The second-order valence-electron chi connectivity index (χ2n) is 7.54. The largest absolute Gasteiger partial charge is 0.343 e. The summed E-state index contributed by atoms with van der Waals surface area (Å²) in [6.07, 6.45) is 1.22. The number of hydrogen-bond donors (Lipinski definition) is 0. The van der Waals surface area contributed by atoms with Gasteiger partial charge in [-0.05, 0) is 35.7 Å². The van der Waals surface area contributed by atoms with Crippen LogP contribution in [0.4, 0.5) is 10.1 Å². The minimum atomic E-state index is -0.449. The van der Waals surface area contributed by atoms with E-state index in [9.17, 15) is 9.18 Å². The number of carbonyl (C=O) groups is 1. The highest BCUT2D eigenvalue weighted by Gasteiger charge is 2.37. The Balaban J connectivity index is 1.42. The van der Waals surface area contributed by atoms with E-state index in [0.29, 0.717) is 6.42 Å². The second kappa shape index (κ2) is 8.60. The van der Waals surface area contributed by atoms with Crippen molar-refractivity contribution < 1.29 is 9.18 Å². The molecule has 2 aromatic carbocycles. The van der Waals surface area contributed by atoms with Crippen LogP contribution in [0, 0.1) is 0 Å². The first-order valence-corrected chi connectivity index (χ1v) is 10.2. The van der Waals surface area contributed by atoms with Crippen molar-refractivity contribution in [3.05, 3.63) is 64.7 Å². The van der Waals surface area contributed by atoms with E-state index in [1.54, 1.807) is 0 Å². The molecular formula is C22H25ClFN3O. The number of anilines is 1. The second-order valence-corrected chi connectivity index (χ2v) is 7.97. The van der Waals surface area contributed by atoms with E-state index < -0.39 is 12.8 Å². The van der Waals surface area contributed by atoms with E-state index in [2.05, 4.69) is 21.9 Å². The maximum atomic E-state index is 13.7. The SMILES string of the molecule is O=C[C@@H](N1CCN(Cc2ccc(Cl)cc2)CC1)N1c2ccccc2CC1CF. The fraction of sp³-hybridized carbons (Fsp3) is 0.409. The van der Waals surface area contributed by atoms with Crippen molar-refractivity contribution in [1.29, 1.82) is 0 Å². The molecule has 2 atom stereocenters. The summed E-state index contributed by atoms with van der Waals surface area (Å²) in [6.45, 7) is 3.75. The van der Waals surface area contributed by atoms with Crippen LogP contribution in [0.5, 0.6) is 0 Å². The third-order valence-corrected chi connectivity index (χ3v) is 6.06. The van der Waals surface area contributed by atoms with E-state index in [0.717, 1.165) is 55.3 Å². The molecule has 2 aliphatic heterocycles. The fourth-order valence-corrected chi connectivity index (χ4v) is 4.46. The number of piperazine rings is 1. The van der Waals surface area contributed by atoms with Crippen molar-refractivity contribution in [2.75, 3.05) is 37.8 Å². The summed E-state index contributed by atoms with van der Waals surface area (Å²) in [5, 5.41) is 0.746. The number of alkyl halides is 1. The summed E-state index contributed by atoms with van der Waals surface area (Å²) >= 11 is 5.96. The Morgan fingerprint density at radius 1 is 1.07 bits per heavy atom. The number of aldehydes is 1. The predicted octanol–water partition coefficient (Wildman–Crippen LogP) is 3.38. The topological polar surface area (TPSA) is 26.8 Å². The maximum Gasteiger partial charge on any atom is 0.157 e. The molecule has 0 aliphatic carbocycles. The van der Waals surface area contributed by atoms with Crippen LogP contribution in [0.2, 0.25) is 5.02 Å². The van der Waals surface area contributed by atoms with Gasteiger partial charge in [0, 0.05) is 43.4 Å². The van der Waals surface area contributed by atoms with Crippen LogP contribution >= 0.6 is 11.6 Å². The van der Waals surface area contributed by atoms with Gasteiger partial charge in [-0.2, -0.15) is 0 Å². The number of fused-ring (bicyclic) bond motifs is 1. The van der Waals surface area contributed by atoms with Crippen LogP contribution in [0.1, 0.15) is 11.1 Å². The molecule has 0 N–H and O–H groups in total.